The zero-order valence-electron chi connectivity index (χ0n) is 12.6. The second kappa shape index (κ2) is 6.08. The van der Waals surface area contributed by atoms with E-state index in [4.69, 9.17) is 4.74 Å². The van der Waals surface area contributed by atoms with Crippen molar-refractivity contribution in [3.8, 4) is 11.6 Å². The number of rotatable bonds is 5. The molecule has 1 N–H and O–H groups in total. The van der Waals surface area contributed by atoms with Crippen molar-refractivity contribution in [2.45, 2.75) is 18.4 Å². The van der Waals surface area contributed by atoms with Crippen LogP contribution in [0.15, 0.2) is 72.9 Å². The molecule has 0 bridgehead atoms. The quantitative estimate of drug-likeness (QED) is 0.766. The minimum atomic E-state index is 0.393. The van der Waals surface area contributed by atoms with Crippen molar-refractivity contribution in [2.24, 2.45) is 0 Å². The maximum Gasteiger partial charge on any atom is 0.226 e. The summed E-state index contributed by atoms with van der Waals surface area (Å²) >= 11 is 0. The lowest BCUT2D eigenvalue weighted by molar-refractivity contribution is 0.462. The van der Waals surface area contributed by atoms with Crippen molar-refractivity contribution in [2.75, 3.05) is 5.32 Å². The molecule has 1 aliphatic carbocycles. The van der Waals surface area contributed by atoms with Crippen molar-refractivity contribution < 1.29 is 4.74 Å². The lowest BCUT2D eigenvalue weighted by Gasteiger charge is -2.07. The molecule has 2 aromatic carbocycles. The molecule has 0 amide bonds. The molecule has 114 valence electrons. The first-order chi connectivity index (χ1) is 11.4. The van der Waals surface area contributed by atoms with Crippen LogP contribution in [0.4, 0.5) is 5.95 Å². The Bertz CT molecular complexity index is 777. The molecule has 1 heterocycles. The van der Waals surface area contributed by atoms with Crippen LogP contribution in [-0.2, 0) is 0 Å². The number of ether oxygens (including phenoxy) is 1. The summed E-state index contributed by atoms with van der Waals surface area (Å²) in [5.74, 6) is 2.47. The number of benzene rings is 2. The molecule has 4 heteroatoms. The first kappa shape index (κ1) is 13.8. The van der Waals surface area contributed by atoms with Crippen LogP contribution >= 0.6 is 0 Å². The molecule has 0 radical (unpaired) electrons. The van der Waals surface area contributed by atoms with Crippen LogP contribution in [0.5, 0.6) is 11.6 Å². The third-order valence-corrected chi connectivity index (χ3v) is 3.93. The molecule has 1 saturated carbocycles. The summed E-state index contributed by atoms with van der Waals surface area (Å²) in [7, 11) is 0. The van der Waals surface area contributed by atoms with E-state index in [2.05, 4.69) is 39.6 Å². The van der Waals surface area contributed by atoms with Crippen molar-refractivity contribution in [1.29, 1.82) is 0 Å². The maximum atomic E-state index is 5.74. The number of anilines is 1. The predicted octanol–water partition coefficient (Wildman–Crippen LogP) is 4.24. The Balaban J connectivity index is 1.42. The summed E-state index contributed by atoms with van der Waals surface area (Å²) < 4.78 is 5.74. The minimum Gasteiger partial charge on any atom is -0.439 e. The number of nitrogens with zero attached hydrogens (tertiary/aromatic N) is 2. The van der Waals surface area contributed by atoms with Crippen LogP contribution < -0.4 is 10.1 Å². The van der Waals surface area contributed by atoms with Crippen molar-refractivity contribution in [3.63, 3.8) is 0 Å². The largest absolute Gasteiger partial charge is 0.439 e. The van der Waals surface area contributed by atoms with Crippen molar-refractivity contribution in [3.05, 3.63) is 78.5 Å². The van der Waals surface area contributed by atoms with Gasteiger partial charge in [0.15, 0.2) is 0 Å². The average Bonchev–Trinajstić information content (AvgIpc) is 3.36. The lowest BCUT2D eigenvalue weighted by Crippen LogP contribution is -2.07. The van der Waals surface area contributed by atoms with Crippen LogP contribution in [-0.4, -0.2) is 16.0 Å². The first-order valence-electron chi connectivity index (χ1n) is 7.76. The summed E-state index contributed by atoms with van der Waals surface area (Å²) in [4.78, 5) is 8.72. The van der Waals surface area contributed by atoms with E-state index in [1.54, 1.807) is 12.3 Å². The monoisotopic (exact) mass is 303 g/mol. The number of hydrogen-bond donors (Lipinski definition) is 1. The van der Waals surface area contributed by atoms with Crippen molar-refractivity contribution >= 4 is 5.95 Å². The van der Waals surface area contributed by atoms with E-state index in [9.17, 15) is 0 Å². The highest BCUT2D eigenvalue weighted by Gasteiger charge is 2.38. The third kappa shape index (κ3) is 3.31. The van der Waals surface area contributed by atoms with E-state index in [1.807, 2.05) is 36.4 Å². The third-order valence-electron chi connectivity index (χ3n) is 3.93. The van der Waals surface area contributed by atoms with Crippen LogP contribution in [0.2, 0.25) is 0 Å². The Hall–Kier alpha value is -2.88. The molecule has 1 aliphatic rings. The Morgan fingerprint density at radius 3 is 2.43 bits per heavy atom. The second-order valence-corrected chi connectivity index (χ2v) is 5.64. The van der Waals surface area contributed by atoms with Gasteiger partial charge in [0.2, 0.25) is 11.8 Å². The van der Waals surface area contributed by atoms with Gasteiger partial charge in [-0.25, -0.2) is 4.98 Å². The van der Waals surface area contributed by atoms with E-state index in [1.165, 1.54) is 5.56 Å². The van der Waals surface area contributed by atoms with Gasteiger partial charge in [0.05, 0.1) is 0 Å². The van der Waals surface area contributed by atoms with Crippen LogP contribution in [0.25, 0.3) is 0 Å². The topological polar surface area (TPSA) is 47.0 Å². The van der Waals surface area contributed by atoms with Gasteiger partial charge in [-0.3, -0.25) is 0 Å². The highest BCUT2D eigenvalue weighted by atomic mass is 16.5. The minimum absolute atomic E-state index is 0.393. The summed E-state index contributed by atoms with van der Waals surface area (Å²) in [6.07, 6.45) is 2.82. The van der Waals surface area contributed by atoms with E-state index >= 15 is 0 Å². The fourth-order valence-electron chi connectivity index (χ4n) is 2.67. The van der Waals surface area contributed by atoms with Gasteiger partial charge in [-0.05, 0) is 24.1 Å². The SMILES string of the molecule is c1ccc(Oc2ccnc(N[C@@H]3C[C@H]3c3ccccc3)n2)cc1. The number of nitrogens with one attached hydrogen (secondary N) is 1. The van der Waals surface area contributed by atoms with Crippen LogP contribution in [0.1, 0.15) is 17.9 Å². The fraction of sp³-hybridized carbons (Fsp3) is 0.158. The highest BCUT2D eigenvalue weighted by molar-refractivity contribution is 5.38. The number of aromatic nitrogens is 2. The van der Waals surface area contributed by atoms with Gasteiger partial charge in [0, 0.05) is 24.2 Å². The molecular formula is C19H17N3O. The molecule has 0 saturated heterocycles. The van der Waals surface area contributed by atoms with E-state index in [0.29, 0.717) is 23.8 Å². The lowest BCUT2D eigenvalue weighted by atomic mass is 10.1. The summed E-state index contributed by atoms with van der Waals surface area (Å²) in [5, 5.41) is 3.39. The first-order valence-corrected chi connectivity index (χ1v) is 7.76. The summed E-state index contributed by atoms with van der Waals surface area (Å²) in [6, 6.07) is 22.3. The molecule has 0 spiro atoms. The highest BCUT2D eigenvalue weighted by Crippen LogP contribution is 2.42. The second-order valence-electron chi connectivity index (χ2n) is 5.64. The smallest absolute Gasteiger partial charge is 0.226 e. The normalized spacial score (nSPS) is 19.1. The van der Waals surface area contributed by atoms with Crippen LogP contribution in [0.3, 0.4) is 0 Å². The molecule has 0 aliphatic heterocycles. The Morgan fingerprint density at radius 2 is 1.65 bits per heavy atom. The average molecular weight is 303 g/mol. The molecule has 2 atom stereocenters. The zero-order chi connectivity index (χ0) is 15.5. The molecular weight excluding hydrogens is 286 g/mol. The molecule has 1 aromatic heterocycles. The Kier molecular flexibility index (Phi) is 3.64. The molecule has 0 unspecified atom stereocenters. The van der Waals surface area contributed by atoms with Gasteiger partial charge in [-0.1, -0.05) is 48.5 Å². The number of hydrogen-bond acceptors (Lipinski definition) is 4. The number of para-hydroxylation sites is 1. The van der Waals surface area contributed by atoms with Gasteiger partial charge in [0.1, 0.15) is 5.75 Å². The van der Waals surface area contributed by atoms with E-state index in [0.717, 1.165) is 12.2 Å². The van der Waals surface area contributed by atoms with E-state index in [-0.39, 0.29) is 0 Å². The van der Waals surface area contributed by atoms with Gasteiger partial charge >= 0.3 is 0 Å². The Morgan fingerprint density at radius 1 is 0.913 bits per heavy atom. The molecule has 1 fully saturated rings. The predicted molar refractivity (Wildman–Crippen MR) is 89.8 cm³/mol. The zero-order valence-corrected chi connectivity index (χ0v) is 12.6. The van der Waals surface area contributed by atoms with Crippen molar-refractivity contribution in [1.82, 2.24) is 9.97 Å². The molecule has 23 heavy (non-hydrogen) atoms. The summed E-state index contributed by atoms with van der Waals surface area (Å²) in [5.41, 5.74) is 1.36. The van der Waals surface area contributed by atoms with Gasteiger partial charge in [0.25, 0.3) is 0 Å². The van der Waals surface area contributed by atoms with Gasteiger partial charge in [-0.2, -0.15) is 4.98 Å². The fourth-order valence-corrected chi connectivity index (χ4v) is 2.67. The molecule has 3 aromatic rings. The molecule has 4 rings (SSSR count). The maximum absolute atomic E-state index is 5.74. The van der Waals surface area contributed by atoms with E-state index < -0.39 is 0 Å². The summed E-state index contributed by atoms with van der Waals surface area (Å²) in [6.45, 7) is 0. The molecule has 4 nitrogen and oxygen atoms in total. The van der Waals surface area contributed by atoms with Gasteiger partial charge in [-0.15, -0.1) is 0 Å². The Labute approximate surface area is 135 Å². The van der Waals surface area contributed by atoms with Gasteiger partial charge < -0.3 is 10.1 Å². The van der Waals surface area contributed by atoms with Crippen LogP contribution in [0, 0.1) is 0 Å². The standard InChI is InChI=1S/C19H17N3O/c1-3-7-14(8-4-1)16-13-17(16)21-19-20-12-11-18(22-19)23-15-9-5-2-6-10-15/h1-12,16-17H,13H2,(H,20,21,22)/t16-,17+/m0/s1.